The predicted octanol–water partition coefficient (Wildman–Crippen LogP) is 4.64. The summed E-state index contributed by atoms with van der Waals surface area (Å²) in [7, 11) is 0. The van der Waals surface area contributed by atoms with E-state index in [4.69, 9.17) is 11.6 Å². The van der Waals surface area contributed by atoms with Crippen LogP contribution in [0.25, 0.3) is 0 Å². The van der Waals surface area contributed by atoms with Crippen LogP contribution in [0, 0.1) is 13.8 Å². The van der Waals surface area contributed by atoms with Gasteiger partial charge in [-0.15, -0.1) is 0 Å². The van der Waals surface area contributed by atoms with Gasteiger partial charge in [-0.2, -0.15) is 0 Å². The molecule has 21 heavy (non-hydrogen) atoms. The van der Waals surface area contributed by atoms with E-state index in [2.05, 4.69) is 49.3 Å². The zero-order valence-electron chi connectivity index (χ0n) is 13.0. The number of aromatic nitrogens is 1. The van der Waals surface area contributed by atoms with E-state index in [1.54, 1.807) is 0 Å². The monoisotopic (exact) mass is 302 g/mol. The Morgan fingerprint density at radius 3 is 2.67 bits per heavy atom. The summed E-state index contributed by atoms with van der Waals surface area (Å²) in [6, 6.07) is 10.6. The predicted molar refractivity (Wildman–Crippen MR) is 89.9 cm³/mol. The Kier molecular flexibility index (Phi) is 5.77. The fourth-order valence-corrected chi connectivity index (χ4v) is 2.62. The fourth-order valence-electron chi connectivity index (χ4n) is 2.44. The van der Waals surface area contributed by atoms with Gasteiger partial charge in [0, 0.05) is 29.4 Å². The number of nitrogens with one attached hydrogen (secondary N) is 1. The SMILES string of the molecule is CCCNC(Cc1ccc(C)cn1)c1cccc(Cl)c1C. The minimum absolute atomic E-state index is 0.249. The van der Waals surface area contributed by atoms with Gasteiger partial charge >= 0.3 is 0 Å². The van der Waals surface area contributed by atoms with Gasteiger partial charge in [-0.25, -0.2) is 0 Å². The number of hydrogen-bond acceptors (Lipinski definition) is 2. The van der Waals surface area contributed by atoms with Crippen LogP contribution in [0.15, 0.2) is 36.5 Å². The Bertz CT molecular complexity index is 578. The summed E-state index contributed by atoms with van der Waals surface area (Å²) in [4.78, 5) is 4.53. The van der Waals surface area contributed by atoms with Crippen molar-refractivity contribution >= 4 is 11.6 Å². The molecule has 1 aromatic carbocycles. The molecule has 0 aliphatic carbocycles. The van der Waals surface area contributed by atoms with Crippen molar-refractivity contribution in [3.8, 4) is 0 Å². The molecule has 1 N–H and O–H groups in total. The number of benzene rings is 1. The van der Waals surface area contributed by atoms with Crippen molar-refractivity contribution in [2.24, 2.45) is 0 Å². The summed E-state index contributed by atoms with van der Waals surface area (Å²) < 4.78 is 0. The zero-order chi connectivity index (χ0) is 15.2. The first-order valence-corrected chi connectivity index (χ1v) is 7.89. The van der Waals surface area contributed by atoms with E-state index >= 15 is 0 Å². The minimum atomic E-state index is 0.249. The molecule has 2 rings (SSSR count). The molecule has 0 amide bonds. The van der Waals surface area contributed by atoms with Gasteiger partial charge in [0.05, 0.1) is 0 Å². The molecule has 0 aliphatic rings. The lowest BCUT2D eigenvalue weighted by Gasteiger charge is -2.21. The highest BCUT2D eigenvalue weighted by molar-refractivity contribution is 6.31. The molecule has 1 atom stereocenters. The van der Waals surface area contributed by atoms with Crippen molar-refractivity contribution in [2.75, 3.05) is 6.54 Å². The standard InChI is InChI=1S/C18H23ClN2/c1-4-10-20-18(11-15-9-8-13(2)12-21-15)16-6-5-7-17(19)14(16)3/h5-9,12,18,20H,4,10-11H2,1-3H3. The first-order valence-electron chi connectivity index (χ1n) is 7.51. The molecule has 1 unspecified atom stereocenters. The summed E-state index contributed by atoms with van der Waals surface area (Å²) in [6.45, 7) is 7.31. The summed E-state index contributed by atoms with van der Waals surface area (Å²) in [6.07, 6.45) is 3.91. The van der Waals surface area contributed by atoms with E-state index in [-0.39, 0.29) is 6.04 Å². The maximum absolute atomic E-state index is 6.27. The van der Waals surface area contributed by atoms with Crippen LogP contribution in [0.4, 0.5) is 0 Å². The smallest absolute Gasteiger partial charge is 0.0438 e. The first kappa shape index (κ1) is 16.0. The van der Waals surface area contributed by atoms with Crippen LogP contribution in [0.2, 0.25) is 5.02 Å². The van der Waals surface area contributed by atoms with Gasteiger partial charge in [-0.05, 0) is 55.6 Å². The van der Waals surface area contributed by atoms with Crippen molar-refractivity contribution in [2.45, 2.75) is 39.7 Å². The van der Waals surface area contributed by atoms with Crippen LogP contribution < -0.4 is 5.32 Å². The Morgan fingerprint density at radius 2 is 2.00 bits per heavy atom. The highest BCUT2D eigenvalue weighted by atomic mass is 35.5. The molecule has 0 saturated heterocycles. The van der Waals surface area contributed by atoms with E-state index < -0.39 is 0 Å². The zero-order valence-corrected chi connectivity index (χ0v) is 13.7. The van der Waals surface area contributed by atoms with Crippen molar-refractivity contribution in [1.29, 1.82) is 0 Å². The van der Waals surface area contributed by atoms with Crippen LogP contribution in [-0.4, -0.2) is 11.5 Å². The molecular weight excluding hydrogens is 280 g/mol. The molecule has 0 saturated carbocycles. The molecule has 2 nitrogen and oxygen atoms in total. The second kappa shape index (κ2) is 7.58. The fraction of sp³-hybridized carbons (Fsp3) is 0.389. The molecule has 0 bridgehead atoms. The summed E-state index contributed by atoms with van der Waals surface area (Å²) >= 11 is 6.27. The van der Waals surface area contributed by atoms with Gasteiger partial charge in [-0.1, -0.05) is 36.7 Å². The molecule has 3 heteroatoms. The highest BCUT2D eigenvalue weighted by Gasteiger charge is 2.15. The van der Waals surface area contributed by atoms with E-state index in [9.17, 15) is 0 Å². The number of halogens is 1. The molecule has 0 spiro atoms. The number of pyridine rings is 1. The quantitative estimate of drug-likeness (QED) is 0.841. The third kappa shape index (κ3) is 4.29. The van der Waals surface area contributed by atoms with E-state index in [0.29, 0.717) is 0 Å². The number of rotatable bonds is 6. The molecule has 0 aliphatic heterocycles. The minimum Gasteiger partial charge on any atom is -0.310 e. The van der Waals surface area contributed by atoms with Crippen molar-refractivity contribution < 1.29 is 0 Å². The summed E-state index contributed by atoms with van der Waals surface area (Å²) in [5.41, 5.74) is 4.71. The largest absolute Gasteiger partial charge is 0.310 e. The molecule has 0 fully saturated rings. The third-order valence-corrected chi connectivity index (χ3v) is 4.12. The lowest BCUT2D eigenvalue weighted by atomic mass is 9.97. The van der Waals surface area contributed by atoms with E-state index in [1.807, 2.05) is 18.3 Å². The van der Waals surface area contributed by atoms with E-state index in [0.717, 1.165) is 35.7 Å². The molecule has 2 aromatic rings. The summed E-state index contributed by atoms with van der Waals surface area (Å²) in [5, 5.41) is 4.44. The maximum Gasteiger partial charge on any atom is 0.0438 e. The molecule has 0 radical (unpaired) electrons. The van der Waals surface area contributed by atoms with Gasteiger partial charge in [-0.3, -0.25) is 4.98 Å². The first-order chi connectivity index (χ1) is 10.1. The van der Waals surface area contributed by atoms with E-state index in [1.165, 1.54) is 11.1 Å². The van der Waals surface area contributed by atoms with Crippen molar-refractivity contribution in [1.82, 2.24) is 10.3 Å². The van der Waals surface area contributed by atoms with Crippen LogP contribution in [0.5, 0.6) is 0 Å². The molecule has 112 valence electrons. The van der Waals surface area contributed by atoms with Crippen molar-refractivity contribution in [3.63, 3.8) is 0 Å². The number of nitrogens with zero attached hydrogens (tertiary/aromatic N) is 1. The highest BCUT2D eigenvalue weighted by Crippen LogP contribution is 2.26. The average molecular weight is 303 g/mol. The average Bonchev–Trinajstić information content (AvgIpc) is 2.48. The summed E-state index contributed by atoms with van der Waals surface area (Å²) in [5.74, 6) is 0. The Labute approximate surface area is 132 Å². The van der Waals surface area contributed by atoms with Gasteiger partial charge in [0.15, 0.2) is 0 Å². The molecule has 1 heterocycles. The van der Waals surface area contributed by atoms with Gasteiger partial charge < -0.3 is 5.32 Å². The Hall–Kier alpha value is -1.38. The second-order valence-corrected chi connectivity index (χ2v) is 5.90. The van der Waals surface area contributed by atoms with Gasteiger partial charge in [0.1, 0.15) is 0 Å². The Balaban J connectivity index is 2.25. The maximum atomic E-state index is 6.27. The Morgan fingerprint density at radius 1 is 1.19 bits per heavy atom. The number of hydrogen-bond donors (Lipinski definition) is 1. The van der Waals surface area contributed by atoms with Crippen LogP contribution in [-0.2, 0) is 6.42 Å². The normalized spacial score (nSPS) is 12.4. The van der Waals surface area contributed by atoms with Crippen LogP contribution in [0.1, 0.15) is 41.8 Å². The number of aryl methyl sites for hydroxylation is 1. The second-order valence-electron chi connectivity index (χ2n) is 5.49. The van der Waals surface area contributed by atoms with Crippen LogP contribution in [0.3, 0.4) is 0 Å². The lowest BCUT2D eigenvalue weighted by molar-refractivity contribution is 0.522. The van der Waals surface area contributed by atoms with Gasteiger partial charge in [0.2, 0.25) is 0 Å². The third-order valence-electron chi connectivity index (χ3n) is 3.71. The topological polar surface area (TPSA) is 24.9 Å². The lowest BCUT2D eigenvalue weighted by Crippen LogP contribution is -2.25. The van der Waals surface area contributed by atoms with Crippen LogP contribution >= 0.6 is 11.6 Å². The van der Waals surface area contributed by atoms with Crippen molar-refractivity contribution in [3.05, 3.63) is 63.9 Å². The molecular formula is C18H23ClN2. The van der Waals surface area contributed by atoms with Gasteiger partial charge in [0.25, 0.3) is 0 Å². The molecule has 1 aromatic heterocycles.